The normalized spacial score (nSPS) is 9.75. The number of pyridine rings is 1. The van der Waals surface area contributed by atoms with Crippen LogP contribution in [0.4, 0.5) is 0 Å². The van der Waals surface area contributed by atoms with Crippen molar-refractivity contribution in [2.24, 2.45) is 0 Å². The number of carboxylic acid groups (broad SMARTS) is 1. The van der Waals surface area contributed by atoms with E-state index in [-0.39, 0.29) is 5.56 Å². The van der Waals surface area contributed by atoms with E-state index in [0.29, 0.717) is 12.1 Å². The molecule has 1 N–H and O–H groups in total. The Labute approximate surface area is 78.6 Å². The predicted molar refractivity (Wildman–Crippen MR) is 48.7 cm³/mol. The molecule has 0 fully saturated rings. The SMILES string of the molecule is O=C(O)c1cccnc1CCBr. The fraction of sp³-hybridized carbons (Fsp3) is 0.250. The van der Waals surface area contributed by atoms with Crippen molar-refractivity contribution < 1.29 is 9.90 Å². The molecule has 12 heavy (non-hydrogen) atoms. The molecular weight excluding hydrogens is 222 g/mol. The monoisotopic (exact) mass is 229 g/mol. The number of aromatic carboxylic acids is 1. The highest BCUT2D eigenvalue weighted by molar-refractivity contribution is 9.09. The Hall–Kier alpha value is -0.900. The van der Waals surface area contributed by atoms with Gasteiger partial charge in [-0.3, -0.25) is 4.98 Å². The van der Waals surface area contributed by atoms with Crippen molar-refractivity contribution in [3.05, 3.63) is 29.6 Å². The fourth-order valence-electron chi connectivity index (χ4n) is 0.921. The number of nitrogens with zero attached hydrogens (tertiary/aromatic N) is 1. The second kappa shape index (κ2) is 4.21. The molecule has 1 aromatic rings. The molecular formula is C8H8BrNO2. The van der Waals surface area contributed by atoms with Gasteiger partial charge in [-0.05, 0) is 12.1 Å². The molecule has 0 atom stereocenters. The number of rotatable bonds is 3. The number of aryl methyl sites for hydroxylation is 1. The van der Waals surface area contributed by atoms with Gasteiger partial charge in [-0.2, -0.15) is 0 Å². The maximum atomic E-state index is 10.6. The maximum absolute atomic E-state index is 10.6. The molecule has 3 nitrogen and oxygen atoms in total. The number of carboxylic acids is 1. The Kier molecular flexibility index (Phi) is 3.22. The summed E-state index contributed by atoms with van der Waals surface area (Å²) in [5, 5.41) is 9.46. The van der Waals surface area contributed by atoms with E-state index in [4.69, 9.17) is 5.11 Å². The van der Waals surface area contributed by atoms with Crippen LogP contribution < -0.4 is 0 Å². The molecule has 1 heterocycles. The third-order valence-corrected chi connectivity index (χ3v) is 1.85. The van der Waals surface area contributed by atoms with Crippen molar-refractivity contribution in [1.29, 1.82) is 0 Å². The van der Waals surface area contributed by atoms with Crippen molar-refractivity contribution in [3.8, 4) is 0 Å². The highest BCUT2D eigenvalue weighted by atomic mass is 79.9. The molecule has 64 valence electrons. The summed E-state index contributed by atoms with van der Waals surface area (Å²) in [6, 6.07) is 3.19. The van der Waals surface area contributed by atoms with Crippen molar-refractivity contribution in [1.82, 2.24) is 4.98 Å². The number of alkyl halides is 1. The third kappa shape index (κ3) is 2.04. The van der Waals surface area contributed by atoms with Crippen molar-refractivity contribution >= 4 is 21.9 Å². The quantitative estimate of drug-likeness (QED) is 0.804. The van der Waals surface area contributed by atoms with Crippen LogP contribution in [-0.4, -0.2) is 21.4 Å². The van der Waals surface area contributed by atoms with Crippen LogP contribution >= 0.6 is 15.9 Å². The standard InChI is InChI=1S/C8H8BrNO2/c9-4-3-7-6(8(11)12)2-1-5-10-7/h1-2,5H,3-4H2,(H,11,12). The van der Waals surface area contributed by atoms with Gasteiger partial charge in [-0.1, -0.05) is 15.9 Å². The smallest absolute Gasteiger partial charge is 0.337 e. The van der Waals surface area contributed by atoms with E-state index < -0.39 is 5.97 Å². The van der Waals surface area contributed by atoms with Gasteiger partial charge in [-0.25, -0.2) is 4.79 Å². The van der Waals surface area contributed by atoms with Gasteiger partial charge in [0, 0.05) is 17.9 Å². The zero-order valence-electron chi connectivity index (χ0n) is 6.33. The lowest BCUT2D eigenvalue weighted by atomic mass is 10.1. The lowest BCUT2D eigenvalue weighted by molar-refractivity contribution is 0.0695. The van der Waals surface area contributed by atoms with Gasteiger partial charge < -0.3 is 5.11 Å². The van der Waals surface area contributed by atoms with Gasteiger partial charge >= 0.3 is 5.97 Å². The Bertz CT molecular complexity index is 288. The molecule has 0 saturated heterocycles. The van der Waals surface area contributed by atoms with E-state index in [2.05, 4.69) is 20.9 Å². The maximum Gasteiger partial charge on any atom is 0.337 e. The number of hydrogen-bond donors (Lipinski definition) is 1. The molecule has 0 aliphatic carbocycles. The summed E-state index contributed by atoms with van der Waals surface area (Å²) < 4.78 is 0. The molecule has 0 aromatic carbocycles. The highest BCUT2D eigenvalue weighted by Gasteiger charge is 2.08. The molecule has 1 rings (SSSR count). The first-order valence-corrected chi connectivity index (χ1v) is 4.61. The first-order valence-electron chi connectivity index (χ1n) is 3.49. The van der Waals surface area contributed by atoms with Gasteiger partial charge in [-0.15, -0.1) is 0 Å². The van der Waals surface area contributed by atoms with E-state index in [1.54, 1.807) is 18.3 Å². The van der Waals surface area contributed by atoms with Crippen LogP contribution in [0.15, 0.2) is 18.3 Å². The van der Waals surface area contributed by atoms with E-state index in [9.17, 15) is 4.79 Å². The second-order valence-corrected chi connectivity index (χ2v) is 3.03. The van der Waals surface area contributed by atoms with Gasteiger partial charge in [0.25, 0.3) is 0 Å². The lowest BCUT2D eigenvalue weighted by Gasteiger charge is -2.00. The van der Waals surface area contributed by atoms with Gasteiger partial charge in [0.15, 0.2) is 0 Å². The van der Waals surface area contributed by atoms with Gasteiger partial charge in [0.1, 0.15) is 0 Å². The molecule has 1 aromatic heterocycles. The Morgan fingerprint density at radius 2 is 2.42 bits per heavy atom. The summed E-state index contributed by atoms with van der Waals surface area (Å²) in [4.78, 5) is 14.6. The number of aromatic nitrogens is 1. The van der Waals surface area contributed by atoms with Crippen LogP contribution in [0.5, 0.6) is 0 Å². The minimum absolute atomic E-state index is 0.289. The summed E-state index contributed by atoms with van der Waals surface area (Å²) in [6.45, 7) is 0. The van der Waals surface area contributed by atoms with Gasteiger partial charge in [0.05, 0.1) is 11.3 Å². The molecule has 0 radical (unpaired) electrons. The lowest BCUT2D eigenvalue weighted by Crippen LogP contribution is -2.04. The molecule has 0 unspecified atom stereocenters. The van der Waals surface area contributed by atoms with Crippen LogP contribution in [-0.2, 0) is 6.42 Å². The Balaban J connectivity index is 3.00. The highest BCUT2D eigenvalue weighted by Crippen LogP contribution is 2.06. The number of hydrogen-bond acceptors (Lipinski definition) is 2. The zero-order valence-corrected chi connectivity index (χ0v) is 7.91. The molecule has 4 heteroatoms. The van der Waals surface area contributed by atoms with Crippen molar-refractivity contribution in [2.45, 2.75) is 6.42 Å². The molecule has 0 spiro atoms. The average Bonchev–Trinajstić information content (AvgIpc) is 2.05. The minimum Gasteiger partial charge on any atom is -0.478 e. The van der Waals surface area contributed by atoms with E-state index in [0.717, 1.165) is 5.33 Å². The summed E-state index contributed by atoms with van der Waals surface area (Å²) in [6.07, 6.45) is 2.24. The minimum atomic E-state index is -0.918. The largest absolute Gasteiger partial charge is 0.478 e. The summed E-state index contributed by atoms with van der Waals surface area (Å²) >= 11 is 3.24. The average molecular weight is 230 g/mol. The molecule has 0 saturated carbocycles. The van der Waals surface area contributed by atoms with Crippen LogP contribution in [0.1, 0.15) is 16.1 Å². The number of halogens is 1. The predicted octanol–water partition coefficient (Wildman–Crippen LogP) is 1.72. The second-order valence-electron chi connectivity index (χ2n) is 2.24. The molecule has 0 amide bonds. The molecule has 0 bridgehead atoms. The Morgan fingerprint density at radius 3 is 3.00 bits per heavy atom. The first kappa shape index (κ1) is 9.19. The Morgan fingerprint density at radius 1 is 1.67 bits per heavy atom. The van der Waals surface area contributed by atoms with E-state index >= 15 is 0 Å². The summed E-state index contributed by atoms with van der Waals surface area (Å²) in [5.41, 5.74) is 0.916. The van der Waals surface area contributed by atoms with Crippen LogP contribution in [0.3, 0.4) is 0 Å². The number of carbonyl (C=O) groups is 1. The van der Waals surface area contributed by atoms with Crippen molar-refractivity contribution in [3.63, 3.8) is 0 Å². The summed E-state index contributed by atoms with van der Waals surface area (Å²) in [5.74, 6) is -0.918. The van der Waals surface area contributed by atoms with Gasteiger partial charge in [0.2, 0.25) is 0 Å². The molecule has 0 aliphatic rings. The third-order valence-electron chi connectivity index (χ3n) is 1.45. The van der Waals surface area contributed by atoms with Crippen LogP contribution in [0, 0.1) is 0 Å². The zero-order chi connectivity index (χ0) is 8.97. The topological polar surface area (TPSA) is 50.2 Å². The van der Waals surface area contributed by atoms with E-state index in [1.165, 1.54) is 0 Å². The van der Waals surface area contributed by atoms with Crippen LogP contribution in [0.2, 0.25) is 0 Å². The van der Waals surface area contributed by atoms with E-state index in [1.807, 2.05) is 0 Å². The fourth-order valence-corrected chi connectivity index (χ4v) is 1.30. The molecule has 0 aliphatic heterocycles. The van der Waals surface area contributed by atoms with Crippen LogP contribution in [0.25, 0.3) is 0 Å². The summed E-state index contributed by atoms with van der Waals surface area (Å²) in [7, 11) is 0. The van der Waals surface area contributed by atoms with Crippen molar-refractivity contribution in [2.75, 3.05) is 5.33 Å². The first-order chi connectivity index (χ1) is 5.75.